The fourth-order valence-electron chi connectivity index (χ4n) is 0.854. The molecule has 0 aliphatic carbocycles. The van der Waals surface area contributed by atoms with E-state index in [1.165, 1.54) is 0 Å². The van der Waals surface area contributed by atoms with Crippen LogP contribution < -0.4 is 11.1 Å². The van der Waals surface area contributed by atoms with Crippen LogP contribution in [0.1, 0.15) is 20.3 Å². The first kappa shape index (κ1) is 11.4. The Morgan fingerprint density at radius 3 is 2.50 bits per heavy atom. The van der Waals surface area contributed by atoms with Crippen LogP contribution in [0.3, 0.4) is 0 Å². The van der Waals surface area contributed by atoms with Crippen LogP contribution in [0.25, 0.3) is 0 Å². The second-order valence-electron chi connectivity index (χ2n) is 3.41. The number of aliphatic carboxylic acids is 1. The number of rotatable bonds is 6. The molecule has 1 unspecified atom stereocenters. The average molecular weight is 174 g/mol. The molecule has 0 rings (SSSR count). The minimum Gasteiger partial charge on any atom is -0.481 e. The summed E-state index contributed by atoms with van der Waals surface area (Å²) < 4.78 is 0. The zero-order chi connectivity index (χ0) is 9.56. The molecule has 0 spiro atoms. The summed E-state index contributed by atoms with van der Waals surface area (Å²) in [5.74, 6) is -0.268. The molecule has 72 valence electrons. The van der Waals surface area contributed by atoms with E-state index in [-0.39, 0.29) is 12.5 Å². The summed E-state index contributed by atoms with van der Waals surface area (Å²) in [4.78, 5) is 10.2. The maximum Gasteiger partial charge on any atom is 0.304 e. The van der Waals surface area contributed by atoms with Gasteiger partial charge in [0.15, 0.2) is 0 Å². The third-order valence-electron chi connectivity index (χ3n) is 1.40. The predicted molar refractivity (Wildman–Crippen MR) is 47.9 cm³/mol. The second-order valence-corrected chi connectivity index (χ2v) is 3.41. The zero-order valence-electron chi connectivity index (χ0n) is 7.71. The Bertz CT molecular complexity index is 137. The van der Waals surface area contributed by atoms with Gasteiger partial charge in [-0.25, -0.2) is 0 Å². The van der Waals surface area contributed by atoms with Crippen molar-refractivity contribution < 1.29 is 9.90 Å². The van der Waals surface area contributed by atoms with Crippen molar-refractivity contribution >= 4 is 5.97 Å². The van der Waals surface area contributed by atoms with Gasteiger partial charge < -0.3 is 16.2 Å². The van der Waals surface area contributed by atoms with Gasteiger partial charge in [0, 0.05) is 12.6 Å². The van der Waals surface area contributed by atoms with Crippen LogP contribution in [0.2, 0.25) is 0 Å². The van der Waals surface area contributed by atoms with Gasteiger partial charge in [0.05, 0.1) is 6.42 Å². The Morgan fingerprint density at radius 2 is 2.08 bits per heavy atom. The molecule has 4 nitrogen and oxygen atoms in total. The summed E-state index contributed by atoms with van der Waals surface area (Å²) in [6, 6.07) is -0.277. The summed E-state index contributed by atoms with van der Waals surface area (Å²) in [6.07, 6.45) is 0.0328. The predicted octanol–water partition coefficient (Wildman–Crippen LogP) is 0.0340. The van der Waals surface area contributed by atoms with Crippen LogP contribution >= 0.6 is 0 Å². The molecule has 0 saturated heterocycles. The van der Waals surface area contributed by atoms with E-state index in [4.69, 9.17) is 10.8 Å². The third-order valence-corrected chi connectivity index (χ3v) is 1.40. The molecule has 0 aliphatic heterocycles. The Kier molecular flexibility index (Phi) is 5.66. The molecule has 0 aromatic carbocycles. The van der Waals surface area contributed by atoms with Gasteiger partial charge in [0.1, 0.15) is 0 Å². The topological polar surface area (TPSA) is 75.3 Å². The van der Waals surface area contributed by atoms with Crippen LogP contribution in [-0.2, 0) is 4.79 Å². The lowest BCUT2D eigenvalue weighted by molar-refractivity contribution is -0.137. The summed E-state index contributed by atoms with van der Waals surface area (Å²) in [7, 11) is 0. The Morgan fingerprint density at radius 1 is 1.50 bits per heavy atom. The molecular weight excluding hydrogens is 156 g/mol. The molecule has 12 heavy (non-hydrogen) atoms. The minimum absolute atomic E-state index is 0.0328. The highest BCUT2D eigenvalue weighted by Crippen LogP contribution is 1.89. The van der Waals surface area contributed by atoms with Gasteiger partial charge in [-0.05, 0) is 12.5 Å². The molecule has 1 atom stereocenters. The van der Waals surface area contributed by atoms with Gasteiger partial charge in [-0.3, -0.25) is 4.79 Å². The highest BCUT2D eigenvalue weighted by Gasteiger charge is 2.06. The average Bonchev–Trinajstić information content (AvgIpc) is 1.84. The highest BCUT2D eigenvalue weighted by molar-refractivity contribution is 5.67. The lowest BCUT2D eigenvalue weighted by Crippen LogP contribution is -2.37. The smallest absolute Gasteiger partial charge is 0.304 e. The molecule has 0 amide bonds. The molecule has 4 N–H and O–H groups in total. The normalized spacial score (nSPS) is 13.3. The van der Waals surface area contributed by atoms with Gasteiger partial charge in [-0.2, -0.15) is 0 Å². The largest absolute Gasteiger partial charge is 0.481 e. The van der Waals surface area contributed by atoms with Crippen molar-refractivity contribution in [3.63, 3.8) is 0 Å². The number of nitrogens with two attached hydrogens (primary N) is 1. The minimum atomic E-state index is -0.839. The van der Waals surface area contributed by atoms with Gasteiger partial charge in [0.25, 0.3) is 0 Å². The third kappa shape index (κ3) is 7.50. The van der Waals surface area contributed by atoms with E-state index in [9.17, 15) is 4.79 Å². The van der Waals surface area contributed by atoms with Crippen molar-refractivity contribution in [2.24, 2.45) is 11.7 Å². The quantitative estimate of drug-likeness (QED) is 0.531. The summed E-state index contributed by atoms with van der Waals surface area (Å²) >= 11 is 0. The maximum atomic E-state index is 10.2. The fraction of sp³-hybridized carbons (Fsp3) is 0.875. The van der Waals surface area contributed by atoms with Gasteiger partial charge in [-0.1, -0.05) is 13.8 Å². The maximum absolute atomic E-state index is 10.2. The monoisotopic (exact) mass is 174 g/mol. The number of carboxylic acids is 1. The summed E-state index contributed by atoms with van der Waals surface area (Å²) in [5.41, 5.74) is 5.52. The first-order chi connectivity index (χ1) is 5.52. The van der Waals surface area contributed by atoms with E-state index >= 15 is 0 Å². The van der Waals surface area contributed by atoms with E-state index in [0.717, 1.165) is 6.54 Å². The van der Waals surface area contributed by atoms with Gasteiger partial charge in [-0.15, -0.1) is 0 Å². The Balaban J connectivity index is 3.31. The van der Waals surface area contributed by atoms with Crippen molar-refractivity contribution in [3.05, 3.63) is 0 Å². The first-order valence-electron chi connectivity index (χ1n) is 4.20. The number of hydrogen-bond acceptors (Lipinski definition) is 3. The molecule has 0 aromatic rings. The van der Waals surface area contributed by atoms with Crippen molar-refractivity contribution in [1.29, 1.82) is 0 Å². The van der Waals surface area contributed by atoms with E-state index < -0.39 is 5.97 Å². The molecule has 0 bridgehead atoms. The molecule has 0 saturated carbocycles. The lowest BCUT2D eigenvalue weighted by atomic mass is 10.2. The number of hydrogen-bond donors (Lipinski definition) is 3. The van der Waals surface area contributed by atoms with E-state index in [1.807, 2.05) is 0 Å². The molecule has 4 heteroatoms. The SMILES string of the molecule is CC(C)CNCC(N)CC(=O)O. The van der Waals surface area contributed by atoms with Crippen molar-refractivity contribution in [1.82, 2.24) is 5.32 Å². The zero-order valence-corrected chi connectivity index (χ0v) is 7.71. The summed E-state index contributed by atoms with van der Waals surface area (Å²) in [5, 5.41) is 11.5. The Labute approximate surface area is 73.1 Å². The Hall–Kier alpha value is -0.610. The van der Waals surface area contributed by atoms with Crippen molar-refractivity contribution in [2.45, 2.75) is 26.3 Å². The van der Waals surface area contributed by atoms with E-state index in [0.29, 0.717) is 12.5 Å². The van der Waals surface area contributed by atoms with E-state index in [1.54, 1.807) is 0 Å². The summed E-state index contributed by atoms with van der Waals surface area (Å²) in [6.45, 7) is 5.64. The highest BCUT2D eigenvalue weighted by atomic mass is 16.4. The van der Waals surface area contributed by atoms with E-state index in [2.05, 4.69) is 19.2 Å². The molecule has 0 fully saturated rings. The van der Waals surface area contributed by atoms with Crippen LogP contribution in [0.5, 0.6) is 0 Å². The van der Waals surface area contributed by atoms with Crippen LogP contribution in [0.15, 0.2) is 0 Å². The van der Waals surface area contributed by atoms with Crippen LogP contribution in [0.4, 0.5) is 0 Å². The number of carboxylic acid groups (broad SMARTS) is 1. The number of carbonyl (C=O) groups is 1. The lowest BCUT2D eigenvalue weighted by Gasteiger charge is -2.11. The standard InChI is InChI=1S/C8H18N2O2/c1-6(2)4-10-5-7(9)3-8(11)12/h6-7,10H,3-5,9H2,1-2H3,(H,11,12). The second kappa shape index (κ2) is 5.97. The van der Waals surface area contributed by atoms with Gasteiger partial charge >= 0.3 is 5.97 Å². The number of nitrogens with one attached hydrogen (secondary N) is 1. The first-order valence-corrected chi connectivity index (χ1v) is 4.20. The van der Waals surface area contributed by atoms with Gasteiger partial charge in [0.2, 0.25) is 0 Å². The molecule has 0 aliphatic rings. The van der Waals surface area contributed by atoms with Crippen LogP contribution in [-0.4, -0.2) is 30.2 Å². The fourth-order valence-corrected chi connectivity index (χ4v) is 0.854. The molecule has 0 heterocycles. The van der Waals surface area contributed by atoms with Crippen LogP contribution in [0, 0.1) is 5.92 Å². The molecule has 0 aromatic heterocycles. The molecular formula is C8H18N2O2. The van der Waals surface area contributed by atoms with Crippen molar-refractivity contribution in [3.8, 4) is 0 Å². The van der Waals surface area contributed by atoms with Crippen molar-refractivity contribution in [2.75, 3.05) is 13.1 Å². The molecule has 0 radical (unpaired) electrons.